The van der Waals surface area contributed by atoms with Gasteiger partial charge >= 0.3 is 0 Å². The zero-order valence-electron chi connectivity index (χ0n) is 11.8. The van der Waals surface area contributed by atoms with Crippen LogP contribution in [0, 0.1) is 10.1 Å². The molecule has 0 bridgehead atoms. The fourth-order valence-corrected chi connectivity index (χ4v) is 5.41. The normalized spacial score (nSPS) is 24.0. The van der Waals surface area contributed by atoms with Crippen LogP contribution in [0.5, 0.6) is 0 Å². The van der Waals surface area contributed by atoms with Crippen LogP contribution in [0.15, 0.2) is 27.6 Å². The van der Waals surface area contributed by atoms with E-state index in [2.05, 4.69) is 15.9 Å². The molecule has 1 heterocycles. The number of benzene rings is 1. The van der Waals surface area contributed by atoms with Crippen molar-refractivity contribution in [2.45, 2.75) is 50.1 Å². The number of rotatable bonds is 3. The van der Waals surface area contributed by atoms with Crippen molar-refractivity contribution in [3.05, 3.63) is 32.8 Å². The highest BCUT2D eigenvalue weighted by atomic mass is 79.9. The van der Waals surface area contributed by atoms with Gasteiger partial charge in [0.15, 0.2) is 4.90 Å². The van der Waals surface area contributed by atoms with Gasteiger partial charge in [-0.1, -0.05) is 22.4 Å². The maximum Gasteiger partial charge on any atom is 0.289 e. The van der Waals surface area contributed by atoms with Crippen molar-refractivity contribution in [2.24, 2.45) is 0 Å². The predicted octanol–water partition coefficient (Wildman–Crippen LogP) is 3.31. The van der Waals surface area contributed by atoms with Gasteiger partial charge in [-0.2, -0.15) is 4.31 Å². The van der Waals surface area contributed by atoms with Crippen LogP contribution in [0.25, 0.3) is 0 Å². The molecule has 1 aromatic rings. The van der Waals surface area contributed by atoms with Gasteiger partial charge < -0.3 is 0 Å². The first kappa shape index (κ1) is 16.4. The lowest BCUT2D eigenvalue weighted by molar-refractivity contribution is -0.387. The lowest BCUT2D eigenvalue weighted by Crippen LogP contribution is -2.47. The monoisotopic (exact) mass is 376 g/mol. The summed E-state index contributed by atoms with van der Waals surface area (Å²) in [7, 11) is -3.90. The van der Waals surface area contributed by atoms with Crippen LogP contribution in [-0.2, 0) is 10.0 Å². The van der Waals surface area contributed by atoms with E-state index in [1.165, 1.54) is 22.5 Å². The van der Waals surface area contributed by atoms with Crippen molar-refractivity contribution >= 4 is 31.6 Å². The van der Waals surface area contributed by atoms with Gasteiger partial charge in [-0.05, 0) is 38.8 Å². The Morgan fingerprint density at radius 2 is 1.86 bits per heavy atom. The van der Waals surface area contributed by atoms with Gasteiger partial charge in [0.25, 0.3) is 5.69 Å². The second kappa shape index (κ2) is 6.02. The molecule has 0 saturated carbocycles. The van der Waals surface area contributed by atoms with Crippen LogP contribution in [0.3, 0.4) is 0 Å². The molecule has 1 aromatic carbocycles. The Morgan fingerprint density at radius 3 is 2.38 bits per heavy atom. The maximum atomic E-state index is 12.9. The van der Waals surface area contributed by atoms with Gasteiger partial charge in [0.05, 0.1) is 4.92 Å². The molecule has 1 aliphatic rings. The third-order valence-corrected chi connectivity index (χ3v) is 6.44. The number of hydrogen-bond acceptors (Lipinski definition) is 4. The second-order valence-electron chi connectivity index (χ2n) is 5.33. The second-order valence-corrected chi connectivity index (χ2v) is 8.06. The van der Waals surface area contributed by atoms with Crippen LogP contribution in [0.2, 0.25) is 0 Å². The molecule has 1 aliphatic heterocycles. The van der Waals surface area contributed by atoms with Crippen LogP contribution in [0.1, 0.15) is 33.1 Å². The van der Waals surface area contributed by atoms with Crippen LogP contribution in [-0.4, -0.2) is 29.7 Å². The summed E-state index contributed by atoms with van der Waals surface area (Å²) in [6, 6.07) is 3.69. The summed E-state index contributed by atoms with van der Waals surface area (Å²) in [5, 5.41) is 11.1. The molecule has 1 saturated heterocycles. The summed E-state index contributed by atoms with van der Waals surface area (Å²) in [6.45, 7) is 3.69. The molecule has 2 rings (SSSR count). The van der Waals surface area contributed by atoms with Crippen molar-refractivity contribution in [2.75, 3.05) is 0 Å². The average Bonchev–Trinajstić information content (AvgIpc) is 2.37. The van der Waals surface area contributed by atoms with E-state index in [9.17, 15) is 18.5 Å². The molecule has 6 nitrogen and oxygen atoms in total. The third kappa shape index (κ3) is 3.12. The number of nitrogens with zero attached hydrogens (tertiary/aromatic N) is 2. The van der Waals surface area contributed by atoms with E-state index in [0.717, 1.165) is 19.3 Å². The van der Waals surface area contributed by atoms with Gasteiger partial charge in [0.1, 0.15) is 0 Å². The summed E-state index contributed by atoms with van der Waals surface area (Å²) in [4.78, 5) is 10.2. The van der Waals surface area contributed by atoms with Crippen LogP contribution >= 0.6 is 15.9 Å². The van der Waals surface area contributed by atoms with E-state index in [4.69, 9.17) is 0 Å². The molecule has 21 heavy (non-hydrogen) atoms. The lowest BCUT2D eigenvalue weighted by atomic mass is 10.0. The van der Waals surface area contributed by atoms with Crippen molar-refractivity contribution in [1.82, 2.24) is 4.31 Å². The fraction of sp³-hybridized carbons (Fsp3) is 0.538. The molecule has 0 spiro atoms. The van der Waals surface area contributed by atoms with E-state index >= 15 is 0 Å². The Morgan fingerprint density at radius 1 is 1.29 bits per heavy atom. The highest BCUT2D eigenvalue weighted by Crippen LogP contribution is 2.34. The van der Waals surface area contributed by atoms with E-state index in [-0.39, 0.29) is 22.7 Å². The van der Waals surface area contributed by atoms with E-state index < -0.39 is 14.9 Å². The number of piperidine rings is 1. The standard InChI is InChI=1S/C13H17BrN2O4S/c1-9-4-3-5-10(2)15(9)21(19,20)13-8-11(14)6-7-12(13)16(17)18/h6-10H,3-5H2,1-2H3. The molecule has 0 radical (unpaired) electrons. The molecule has 0 amide bonds. The minimum absolute atomic E-state index is 0.155. The zero-order valence-corrected chi connectivity index (χ0v) is 14.2. The minimum atomic E-state index is -3.90. The first-order valence-electron chi connectivity index (χ1n) is 6.72. The molecular formula is C13H17BrN2O4S. The number of sulfonamides is 1. The summed E-state index contributed by atoms with van der Waals surface area (Å²) in [5.74, 6) is 0. The van der Waals surface area contributed by atoms with Gasteiger partial charge in [0.2, 0.25) is 10.0 Å². The Balaban J connectivity index is 2.58. The predicted molar refractivity (Wildman–Crippen MR) is 82.6 cm³/mol. The number of halogens is 1. The summed E-state index contributed by atoms with van der Waals surface area (Å²) in [6.07, 6.45) is 2.51. The highest BCUT2D eigenvalue weighted by molar-refractivity contribution is 9.10. The van der Waals surface area contributed by atoms with Crippen molar-refractivity contribution in [1.29, 1.82) is 0 Å². The number of nitro benzene ring substituents is 1. The summed E-state index contributed by atoms with van der Waals surface area (Å²) < 4.78 is 27.7. The van der Waals surface area contributed by atoms with Gasteiger partial charge in [-0.25, -0.2) is 8.42 Å². The summed E-state index contributed by atoms with van der Waals surface area (Å²) in [5.41, 5.74) is -0.386. The smallest absolute Gasteiger partial charge is 0.258 e. The Labute approximate surface area is 132 Å². The van der Waals surface area contributed by atoms with Crippen molar-refractivity contribution in [3.63, 3.8) is 0 Å². The topological polar surface area (TPSA) is 80.5 Å². The fourth-order valence-electron chi connectivity index (χ4n) is 2.83. The molecule has 0 aliphatic carbocycles. The molecule has 1 fully saturated rings. The average molecular weight is 377 g/mol. The number of nitro groups is 1. The third-order valence-electron chi connectivity index (χ3n) is 3.79. The Hall–Kier alpha value is -0.990. The Kier molecular flexibility index (Phi) is 4.69. The van der Waals surface area contributed by atoms with E-state index in [1.807, 2.05) is 13.8 Å². The van der Waals surface area contributed by atoms with Crippen LogP contribution < -0.4 is 0 Å². The SMILES string of the molecule is CC1CCCC(C)N1S(=O)(=O)c1cc(Br)ccc1[N+](=O)[O-]. The minimum Gasteiger partial charge on any atom is -0.258 e. The quantitative estimate of drug-likeness (QED) is 0.598. The molecule has 0 aromatic heterocycles. The lowest BCUT2D eigenvalue weighted by Gasteiger charge is -2.37. The zero-order chi connectivity index (χ0) is 15.8. The first-order valence-corrected chi connectivity index (χ1v) is 8.96. The van der Waals surface area contributed by atoms with Crippen molar-refractivity contribution in [3.8, 4) is 0 Å². The Bertz CT molecular complexity index is 652. The van der Waals surface area contributed by atoms with Gasteiger partial charge in [-0.15, -0.1) is 0 Å². The van der Waals surface area contributed by atoms with E-state index in [1.54, 1.807) is 0 Å². The highest BCUT2D eigenvalue weighted by Gasteiger charge is 2.39. The number of hydrogen-bond donors (Lipinski definition) is 0. The summed E-state index contributed by atoms with van der Waals surface area (Å²) >= 11 is 3.19. The molecular weight excluding hydrogens is 360 g/mol. The molecule has 0 N–H and O–H groups in total. The largest absolute Gasteiger partial charge is 0.289 e. The van der Waals surface area contributed by atoms with Gasteiger partial charge in [-0.3, -0.25) is 10.1 Å². The molecule has 116 valence electrons. The molecule has 2 unspecified atom stereocenters. The maximum absolute atomic E-state index is 12.9. The van der Waals surface area contributed by atoms with Crippen LogP contribution in [0.4, 0.5) is 5.69 Å². The molecule has 8 heteroatoms. The van der Waals surface area contributed by atoms with Crippen molar-refractivity contribution < 1.29 is 13.3 Å². The van der Waals surface area contributed by atoms with E-state index in [0.29, 0.717) is 4.47 Å². The first-order chi connectivity index (χ1) is 9.75. The molecule has 2 atom stereocenters. The van der Waals surface area contributed by atoms with Gasteiger partial charge in [0, 0.05) is 22.6 Å².